The minimum absolute atomic E-state index is 0.835. The van der Waals surface area contributed by atoms with Gasteiger partial charge in [0.05, 0.1) is 0 Å². The quantitative estimate of drug-likeness (QED) is 0.641. The molecule has 0 radical (unpaired) electrons. The summed E-state index contributed by atoms with van der Waals surface area (Å²) >= 11 is 0. The van der Waals surface area contributed by atoms with Crippen molar-refractivity contribution in [2.24, 2.45) is 11.3 Å². The van der Waals surface area contributed by atoms with Crippen LogP contribution in [0.1, 0.15) is 38.5 Å². The lowest BCUT2D eigenvalue weighted by Gasteiger charge is -2.31. The van der Waals surface area contributed by atoms with Gasteiger partial charge in [-0.3, -0.25) is 0 Å². The van der Waals surface area contributed by atoms with Gasteiger partial charge in [0.25, 0.3) is 0 Å². The van der Waals surface area contributed by atoms with Gasteiger partial charge in [0.2, 0.25) is 0 Å². The van der Waals surface area contributed by atoms with Crippen LogP contribution in [-0.2, 0) is 0 Å². The molecule has 2 rings (SSSR count). The van der Waals surface area contributed by atoms with Crippen LogP contribution >= 0.6 is 0 Å². The molecule has 0 bridgehead atoms. The molecule has 64 valence electrons. The van der Waals surface area contributed by atoms with Gasteiger partial charge in [-0.1, -0.05) is 12.8 Å². The molecule has 1 N–H and O–H groups in total. The smallest absolute Gasteiger partial charge is 0.00182 e. The summed E-state index contributed by atoms with van der Waals surface area (Å²) in [5.74, 6) is 1.02. The van der Waals surface area contributed by atoms with E-state index in [-0.39, 0.29) is 0 Å². The Kier molecular flexibility index (Phi) is 1.92. The number of hydrogen-bond donors (Lipinski definition) is 1. The van der Waals surface area contributed by atoms with Crippen LogP contribution in [-0.4, -0.2) is 13.6 Å². The van der Waals surface area contributed by atoms with Crippen LogP contribution in [0, 0.1) is 11.3 Å². The van der Waals surface area contributed by atoms with E-state index in [2.05, 4.69) is 12.4 Å². The summed E-state index contributed by atoms with van der Waals surface area (Å²) in [4.78, 5) is 0. The topological polar surface area (TPSA) is 12.0 Å². The molecule has 2 fully saturated rings. The lowest BCUT2D eigenvalue weighted by molar-refractivity contribution is 0.210. The van der Waals surface area contributed by atoms with Crippen molar-refractivity contribution in [1.82, 2.24) is 5.32 Å². The van der Waals surface area contributed by atoms with Gasteiger partial charge < -0.3 is 5.32 Å². The van der Waals surface area contributed by atoms with Crippen LogP contribution in [0.3, 0.4) is 0 Å². The molecule has 1 unspecified atom stereocenters. The summed E-state index contributed by atoms with van der Waals surface area (Å²) < 4.78 is 0. The van der Waals surface area contributed by atoms with Gasteiger partial charge in [-0.15, -0.1) is 0 Å². The highest BCUT2D eigenvalue weighted by atomic mass is 14.8. The van der Waals surface area contributed by atoms with E-state index in [0.717, 1.165) is 11.3 Å². The number of nitrogens with one attached hydrogen (secondary N) is 1. The molecule has 1 heteroatoms. The first-order valence-corrected chi connectivity index (χ1v) is 5.02. The molecule has 1 nitrogen and oxygen atoms in total. The van der Waals surface area contributed by atoms with Gasteiger partial charge in [-0.05, 0) is 50.6 Å². The molecule has 1 spiro atoms. The fourth-order valence-electron chi connectivity index (χ4n) is 2.76. The highest BCUT2D eigenvalue weighted by Gasteiger charge is 2.49. The molecule has 0 aromatic carbocycles. The Morgan fingerprint density at radius 1 is 1.27 bits per heavy atom. The Morgan fingerprint density at radius 3 is 2.73 bits per heavy atom. The van der Waals surface area contributed by atoms with Crippen LogP contribution in [0.5, 0.6) is 0 Å². The first-order valence-electron chi connectivity index (χ1n) is 5.02. The monoisotopic (exact) mass is 153 g/mol. The molecule has 0 heterocycles. The van der Waals surface area contributed by atoms with Crippen LogP contribution in [0.25, 0.3) is 0 Å². The van der Waals surface area contributed by atoms with Gasteiger partial charge in [0, 0.05) is 0 Å². The third-order valence-electron chi connectivity index (χ3n) is 3.69. The first kappa shape index (κ1) is 7.60. The van der Waals surface area contributed by atoms with Gasteiger partial charge in [-0.2, -0.15) is 0 Å². The molecule has 0 amide bonds. The van der Waals surface area contributed by atoms with Crippen LogP contribution < -0.4 is 5.32 Å². The largest absolute Gasteiger partial charge is 0.319 e. The first-order chi connectivity index (χ1) is 5.37. The van der Waals surface area contributed by atoms with E-state index in [9.17, 15) is 0 Å². The second-order valence-corrected chi connectivity index (χ2v) is 4.36. The lowest BCUT2D eigenvalue weighted by Crippen LogP contribution is -2.29. The van der Waals surface area contributed by atoms with Gasteiger partial charge in [0.15, 0.2) is 0 Å². The Hall–Kier alpha value is -0.0400. The highest BCUT2D eigenvalue weighted by Crippen LogP contribution is 2.59. The molecular weight excluding hydrogens is 134 g/mol. The zero-order valence-corrected chi connectivity index (χ0v) is 7.53. The third kappa shape index (κ3) is 1.31. The SMILES string of the molecule is CNCC1CCCCC12CC2. The van der Waals surface area contributed by atoms with Crippen molar-refractivity contribution in [3.8, 4) is 0 Å². The maximum atomic E-state index is 3.33. The summed E-state index contributed by atoms with van der Waals surface area (Å²) in [6.45, 7) is 1.26. The predicted octanol–water partition coefficient (Wildman–Crippen LogP) is 2.18. The second kappa shape index (κ2) is 2.78. The standard InChI is InChI=1S/C10H19N/c1-11-8-9-4-2-3-5-10(9)6-7-10/h9,11H,2-8H2,1H3. The van der Waals surface area contributed by atoms with Crippen LogP contribution in [0.15, 0.2) is 0 Å². The molecule has 2 aliphatic carbocycles. The second-order valence-electron chi connectivity index (χ2n) is 4.36. The molecule has 0 saturated heterocycles. The fourth-order valence-corrected chi connectivity index (χ4v) is 2.76. The Balaban J connectivity index is 1.93. The Bertz CT molecular complexity index is 136. The molecule has 11 heavy (non-hydrogen) atoms. The maximum absolute atomic E-state index is 3.33. The third-order valence-corrected chi connectivity index (χ3v) is 3.69. The summed E-state index contributed by atoms with van der Waals surface area (Å²) in [6.07, 6.45) is 9.05. The molecule has 0 aliphatic heterocycles. The van der Waals surface area contributed by atoms with Gasteiger partial charge in [-0.25, -0.2) is 0 Å². The molecular formula is C10H19N. The van der Waals surface area contributed by atoms with Gasteiger partial charge in [0.1, 0.15) is 0 Å². The average Bonchev–Trinajstić information content (AvgIpc) is 2.77. The molecule has 0 aromatic heterocycles. The van der Waals surface area contributed by atoms with E-state index in [4.69, 9.17) is 0 Å². The lowest BCUT2D eigenvalue weighted by atomic mass is 9.76. The number of rotatable bonds is 2. The minimum Gasteiger partial charge on any atom is -0.319 e. The summed E-state index contributed by atoms with van der Waals surface area (Å²) in [7, 11) is 2.09. The molecule has 1 atom stereocenters. The van der Waals surface area contributed by atoms with E-state index in [0.29, 0.717) is 0 Å². The molecule has 2 aliphatic rings. The average molecular weight is 153 g/mol. The summed E-state index contributed by atoms with van der Waals surface area (Å²) in [5.41, 5.74) is 0.835. The molecule has 0 aromatic rings. The highest BCUT2D eigenvalue weighted by molar-refractivity contribution is 5.00. The van der Waals surface area contributed by atoms with Crippen molar-refractivity contribution < 1.29 is 0 Å². The van der Waals surface area contributed by atoms with Crippen molar-refractivity contribution >= 4 is 0 Å². The Morgan fingerprint density at radius 2 is 2.09 bits per heavy atom. The van der Waals surface area contributed by atoms with Crippen LogP contribution in [0.2, 0.25) is 0 Å². The van der Waals surface area contributed by atoms with E-state index < -0.39 is 0 Å². The van der Waals surface area contributed by atoms with Crippen molar-refractivity contribution in [2.75, 3.05) is 13.6 Å². The summed E-state index contributed by atoms with van der Waals surface area (Å²) in [5, 5.41) is 3.33. The normalized spacial score (nSPS) is 34.1. The van der Waals surface area contributed by atoms with Gasteiger partial charge >= 0.3 is 0 Å². The maximum Gasteiger partial charge on any atom is -0.00182 e. The van der Waals surface area contributed by atoms with E-state index in [1.807, 2.05) is 0 Å². The zero-order valence-electron chi connectivity index (χ0n) is 7.53. The van der Waals surface area contributed by atoms with E-state index in [1.54, 1.807) is 0 Å². The van der Waals surface area contributed by atoms with Crippen molar-refractivity contribution in [1.29, 1.82) is 0 Å². The fraction of sp³-hybridized carbons (Fsp3) is 1.00. The number of hydrogen-bond acceptors (Lipinski definition) is 1. The van der Waals surface area contributed by atoms with E-state index >= 15 is 0 Å². The van der Waals surface area contributed by atoms with Crippen molar-refractivity contribution in [3.63, 3.8) is 0 Å². The van der Waals surface area contributed by atoms with E-state index in [1.165, 1.54) is 45.1 Å². The zero-order chi connectivity index (χ0) is 7.73. The Labute approximate surface area is 69.6 Å². The van der Waals surface area contributed by atoms with Crippen molar-refractivity contribution in [2.45, 2.75) is 38.5 Å². The molecule has 2 saturated carbocycles. The van der Waals surface area contributed by atoms with Crippen molar-refractivity contribution in [3.05, 3.63) is 0 Å². The predicted molar refractivity (Wildman–Crippen MR) is 47.6 cm³/mol. The van der Waals surface area contributed by atoms with Crippen LogP contribution in [0.4, 0.5) is 0 Å². The summed E-state index contributed by atoms with van der Waals surface area (Å²) in [6, 6.07) is 0. The minimum atomic E-state index is 0.835.